The van der Waals surface area contributed by atoms with Crippen LogP contribution < -0.4 is 5.56 Å². The van der Waals surface area contributed by atoms with Gasteiger partial charge in [-0.05, 0) is 37.1 Å². The second-order valence-corrected chi connectivity index (χ2v) is 9.93. The summed E-state index contributed by atoms with van der Waals surface area (Å²) >= 11 is 1.37. The number of aromatic nitrogens is 4. The number of hydrogen-bond acceptors (Lipinski definition) is 7. The van der Waals surface area contributed by atoms with Crippen LogP contribution in [0, 0.1) is 0 Å². The summed E-state index contributed by atoms with van der Waals surface area (Å²) in [6.07, 6.45) is 1.75. The SMILES string of the molecule is Cn1c(=O)c2ccccc2n2c(SCc3ccc(S(=O)(=O)N4CCCC4)o3)nnc12. The van der Waals surface area contributed by atoms with Crippen LogP contribution in [0.5, 0.6) is 0 Å². The minimum atomic E-state index is -3.58. The number of hydrogen-bond donors (Lipinski definition) is 0. The summed E-state index contributed by atoms with van der Waals surface area (Å²) in [5, 5.41) is 9.53. The van der Waals surface area contributed by atoms with Crippen LogP contribution in [0.2, 0.25) is 0 Å². The molecule has 5 rings (SSSR count). The Balaban J connectivity index is 1.45. The molecule has 0 bridgehead atoms. The largest absolute Gasteiger partial charge is 0.447 e. The highest BCUT2D eigenvalue weighted by molar-refractivity contribution is 7.98. The molecule has 1 saturated heterocycles. The summed E-state index contributed by atoms with van der Waals surface area (Å²) in [5.74, 6) is 1.36. The molecular formula is C19H19N5O4S2. The molecule has 0 N–H and O–H groups in total. The van der Waals surface area contributed by atoms with Crippen LogP contribution in [0.3, 0.4) is 0 Å². The highest BCUT2D eigenvalue weighted by atomic mass is 32.2. The van der Waals surface area contributed by atoms with Crippen LogP contribution in [0.1, 0.15) is 18.6 Å². The molecule has 30 heavy (non-hydrogen) atoms. The Hall–Kier alpha value is -2.63. The Labute approximate surface area is 176 Å². The Morgan fingerprint density at radius 1 is 1.10 bits per heavy atom. The van der Waals surface area contributed by atoms with Crippen LogP contribution >= 0.6 is 11.8 Å². The number of sulfonamides is 1. The van der Waals surface area contributed by atoms with Gasteiger partial charge >= 0.3 is 0 Å². The molecule has 0 amide bonds. The fraction of sp³-hybridized carbons (Fsp3) is 0.316. The van der Waals surface area contributed by atoms with Crippen molar-refractivity contribution in [3.8, 4) is 0 Å². The van der Waals surface area contributed by atoms with Crippen molar-refractivity contribution in [2.24, 2.45) is 7.05 Å². The van der Waals surface area contributed by atoms with E-state index in [0.717, 1.165) is 18.4 Å². The van der Waals surface area contributed by atoms with Crippen molar-refractivity contribution >= 4 is 38.5 Å². The van der Waals surface area contributed by atoms with E-state index in [4.69, 9.17) is 4.42 Å². The zero-order valence-corrected chi connectivity index (χ0v) is 17.8. The van der Waals surface area contributed by atoms with Crippen molar-refractivity contribution in [2.75, 3.05) is 13.1 Å². The van der Waals surface area contributed by atoms with Crippen molar-refractivity contribution in [1.82, 2.24) is 23.5 Å². The smallest absolute Gasteiger partial charge is 0.276 e. The van der Waals surface area contributed by atoms with Gasteiger partial charge in [0.1, 0.15) is 5.76 Å². The van der Waals surface area contributed by atoms with E-state index in [1.165, 1.54) is 26.7 Å². The van der Waals surface area contributed by atoms with Crippen molar-refractivity contribution in [3.63, 3.8) is 0 Å². The fourth-order valence-electron chi connectivity index (χ4n) is 3.67. The minimum absolute atomic E-state index is 0.0288. The van der Waals surface area contributed by atoms with Crippen molar-refractivity contribution in [3.05, 3.63) is 52.5 Å². The molecule has 11 heteroatoms. The number of fused-ring (bicyclic) bond motifs is 3. The van der Waals surface area contributed by atoms with Crippen molar-refractivity contribution in [2.45, 2.75) is 28.8 Å². The lowest BCUT2D eigenvalue weighted by atomic mass is 10.2. The third-order valence-electron chi connectivity index (χ3n) is 5.24. The summed E-state index contributed by atoms with van der Waals surface area (Å²) in [5.41, 5.74) is 0.588. The number of thioether (sulfide) groups is 1. The molecule has 3 aromatic heterocycles. The van der Waals surface area contributed by atoms with Crippen molar-refractivity contribution in [1.29, 1.82) is 0 Å². The van der Waals surface area contributed by atoms with E-state index in [-0.39, 0.29) is 10.7 Å². The molecule has 0 radical (unpaired) electrons. The van der Waals surface area contributed by atoms with Gasteiger partial charge in [0.05, 0.1) is 16.7 Å². The van der Waals surface area contributed by atoms with Gasteiger partial charge < -0.3 is 4.42 Å². The van der Waals surface area contributed by atoms with Gasteiger partial charge in [-0.25, -0.2) is 8.42 Å². The second-order valence-electron chi connectivity index (χ2n) is 7.12. The van der Waals surface area contributed by atoms with E-state index in [9.17, 15) is 13.2 Å². The standard InChI is InChI=1S/C19H19N5O4S2/c1-22-17(25)14-6-2-3-7-15(14)24-18(22)20-21-19(24)29-12-13-8-9-16(28-13)30(26,27)23-10-4-5-11-23/h2-3,6-9H,4-5,10-12H2,1H3. The van der Waals surface area contributed by atoms with Crippen LogP contribution in [-0.2, 0) is 22.8 Å². The van der Waals surface area contributed by atoms with Gasteiger partial charge in [-0.2, -0.15) is 4.31 Å². The molecule has 156 valence electrons. The van der Waals surface area contributed by atoms with Crippen LogP contribution in [0.4, 0.5) is 0 Å². The average molecular weight is 446 g/mol. The van der Waals surface area contributed by atoms with Gasteiger partial charge in [0.25, 0.3) is 15.6 Å². The van der Waals surface area contributed by atoms with Crippen LogP contribution in [0.15, 0.2) is 55.9 Å². The molecule has 1 aliphatic rings. The number of furan rings is 1. The predicted octanol–water partition coefficient (Wildman–Crippen LogP) is 2.25. The molecule has 1 aromatic carbocycles. The monoisotopic (exact) mass is 445 g/mol. The molecule has 0 aliphatic carbocycles. The normalized spacial score (nSPS) is 15.5. The Bertz CT molecular complexity index is 1410. The third kappa shape index (κ3) is 3.04. The van der Waals surface area contributed by atoms with E-state index < -0.39 is 10.0 Å². The maximum atomic E-state index is 12.6. The maximum absolute atomic E-state index is 12.6. The topological polar surface area (TPSA) is 103 Å². The zero-order chi connectivity index (χ0) is 20.9. The highest BCUT2D eigenvalue weighted by Gasteiger charge is 2.30. The summed E-state index contributed by atoms with van der Waals surface area (Å²) in [6, 6.07) is 10.5. The summed E-state index contributed by atoms with van der Waals surface area (Å²) in [4.78, 5) is 12.5. The number of rotatable bonds is 5. The predicted molar refractivity (Wildman–Crippen MR) is 112 cm³/mol. The summed E-state index contributed by atoms with van der Waals surface area (Å²) in [7, 11) is -1.92. The van der Waals surface area contributed by atoms with Gasteiger partial charge in [-0.15, -0.1) is 10.2 Å². The number of para-hydroxylation sites is 1. The molecule has 9 nitrogen and oxygen atoms in total. The zero-order valence-electron chi connectivity index (χ0n) is 16.2. The Morgan fingerprint density at radius 3 is 2.67 bits per heavy atom. The lowest BCUT2D eigenvalue weighted by Gasteiger charge is -2.12. The lowest BCUT2D eigenvalue weighted by Crippen LogP contribution is -2.27. The van der Waals surface area contributed by atoms with Crippen LogP contribution in [-0.4, -0.2) is 45.0 Å². The maximum Gasteiger partial charge on any atom is 0.276 e. The molecule has 1 fully saturated rings. The molecular weight excluding hydrogens is 426 g/mol. The van der Waals surface area contributed by atoms with Gasteiger partial charge in [-0.3, -0.25) is 13.8 Å². The second kappa shape index (κ2) is 7.25. The molecule has 4 aromatic rings. The Kier molecular flexibility index (Phi) is 4.68. The molecule has 0 atom stereocenters. The molecule has 0 spiro atoms. The Morgan fingerprint density at radius 2 is 1.87 bits per heavy atom. The fourth-order valence-corrected chi connectivity index (χ4v) is 5.95. The first-order valence-corrected chi connectivity index (χ1v) is 11.9. The first kappa shape index (κ1) is 19.3. The molecule has 0 saturated carbocycles. The van der Waals surface area contributed by atoms with E-state index in [0.29, 0.717) is 40.9 Å². The van der Waals surface area contributed by atoms with Crippen molar-refractivity contribution < 1.29 is 12.8 Å². The molecule has 4 heterocycles. The molecule has 1 aliphatic heterocycles. The third-order valence-corrected chi connectivity index (χ3v) is 7.96. The lowest BCUT2D eigenvalue weighted by molar-refractivity contribution is 0.397. The summed E-state index contributed by atoms with van der Waals surface area (Å²) in [6.45, 7) is 1.06. The van der Waals surface area contributed by atoms with Crippen LogP contribution in [0.25, 0.3) is 16.7 Å². The highest BCUT2D eigenvalue weighted by Crippen LogP contribution is 2.28. The van der Waals surface area contributed by atoms with E-state index >= 15 is 0 Å². The first-order valence-electron chi connectivity index (χ1n) is 9.51. The average Bonchev–Trinajstić information content (AvgIpc) is 3.51. The van der Waals surface area contributed by atoms with Gasteiger partial charge in [0, 0.05) is 20.1 Å². The van der Waals surface area contributed by atoms with E-state index in [2.05, 4.69) is 10.2 Å². The van der Waals surface area contributed by atoms with Gasteiger partial charge in [-0.1, -0.05) is 23.9 Å². The summed E-state index contributed by atoms with van der Waals surface area (Å²) < 4.78 is 35.7. The first-order chi connectivity index (χ1) is 14.5. The number of aryl methyl sites for hydroxylation is 1. The molecule has 0 unspecified atom stereocenters. The number of nitrogens with zero attached hydrogens (tertiary/aromatic N) is 5. The quantitative estimate of drug-likeness (QED) is 0.434. The van der Waals surface area contributed by atoms with Gasteiger partial charge in [0.2, 0.25) is 10.9 Å². The van der Waals surface area contributed by atoms with E-state index in [1.54, 1.807) is 19.2 Å². The minimum Gasteiger partial charge on any atom is -0.447 e. The van der Waals surface area contributed by atoms with E-state index in [1.807, 2.05) is 22.6 Å². The number of benzene rings is 1. The van der Waals surface area contributed by atoms with Gasteiger partial charge in [0.15, 0.2) is 5.16 Å².